The monoisotopic (exact) mass is 1290 g/mol. The minimum Gasteiger partial charge on any atom is -0.493 e. The first kappa shape index (κ1) is 88.0. The number of hydrogen-bond acceptors (Lipinski definition) is 0. The number of unbranched alkanes of at least 4 members (excludes halogenated alkanes) is 53. The molecule has 0 aliphatic carbocycles. The van der Waals surface area contributed by atoms with Crippen LogP contribution >= 0.6 is 0 Å². The van der Waals surface area contributed by atoms with E-state index in [-0.39, 0.29) is 16.5 Å². The van der Waals surface area contributed by atoms with Crippen LogP contribution in [0.2, 0.25) is 0 Å². The van der Waals surface area contributed by atoms with Crippen molar-refractivity contribution in [3.63, 3.8) is 0 Å². The molecule has 0 bridgehead atoms. The number of rotatable bonds is 63. The average Bonchev–Trinajstić information content (AvgIpc) is 1.65. The van der Waals surface area contributed by atoms with E-state index in [4.69, 9.17) is 0 Å². The summed E-state index contributed by atoms with van der Waals surface area (Å²) in [7, 11) is 0. The van der Waals surface area contributed by atoms with Crippen molar-refractivity contribution in [3.05, 3.63) is 101 Å². The average molecular weight is 1290 g/mol. The first-order valence-electron chi connectivity index (χ1n) is 40.7. The number of benzene rings is 2. The predicted molar refractivity (Wildman–Crippen MR) is 404 cm³/mol. The Bertz CT molecular complexity index is 1790. The van der Waals surface area contributed by atoms with Gasteiger partial charge in [0.05, 0.1) is 0 Å². The molecular formula is C87H156N2Ni. The van der Waals surface area contributed by atoms with Gasteiger partial charge in [0.25, 0.3) is 0 Å². The van der Waals surface area contributed by atoms with Crippen molar-refractivity contribution in [2.45, 2.75) is 446 Å². The van der Waals surface area contributed by atoms with Crippen LogP contribution in [-0.2, 0) is 29.3 Å². The Morgan fingerprint density at radius 2 is 0.444 bits per heavy atom. The van der Waals surface area contributed by atoms with Crippen molar-refractivity contribution in [1.29, 1.82) is 0 Å². The Balaban J connectivity index is 0.00000148. The van der Waals surface area contributed by atoms with E-state index in [2.05, 4.69) is 104 Å². The Morgan fingerprint density at radius 3 is 0.689 bits per heavy atom. The van der Waals surface area contributed by atoms with Gasteiger partial charge in [0.15, 0.2) is 0 Å². The molecule has 1 aliphatic rings. The standard InChI is InChI=1S/C43H66N2.2C22H45.Ni/c1-5-9-13-16-18-21-27-37-29-25-31-39(35-37)42-40(32-22-15-11-7-3)41(33-23-19-17-14-10-6-2)43(45(42)44)38-30-24-28-36(34-38)26-20-12-8-4;2*1-3-5-7-9-11-13-15-17-19-21-22-20-18-16-14-12-10-8-6-4-2;/h24-25,28-31,34-35H,5-23,26-27,32-33H2,1-4H3;2*1,3-22H2,2H3;/q;2*-1;+2. The molecule has 0 aromatic heterocycles. The maximum Gasteiger partial charge on any atom is 2.00 e. The van der Waals surface area contributed by atoms with E-state index >= 15 is 0 Å². The molecule has 0 spiro atoms. The third-order valence-corrected chi connectivity index (χ3v) is 19.4. The maximum atomic E-state index is 12.2. The number of hydrogen-bond donors (Lipinski definition) is 0. The van der Waals surface area contributed by atoms with E-state index in [1.54, 1.807) is 4.70 Å². The molecule has 0 radical (unpaired) electrons. The van der Waals surface area contributed by atoms with Crippen LogP contribution in [0.15, 0.2) is 59.7 Å². The van der Waals surface area contributed by atoms with Crippen molar-refractivity contribution in [1.82, 2.24) is 0 Å². The molecule has 3 rings (SSSR count). The molecule has 0 fully saturated rings. The molecule has 2 aromatic carbocycles. The van der Waals surface area contributed by atoms with E-state index in [9.17, 15) is 5.53 Å². The first-order valence-corrected chi connectivity index (χ1v) is 40.7. The molecule has 2 nitrogen and oxygen atoms in total. The first-order chi connectivity index (χ1) is 44.0. The third kappa shape index (κ3) is 50.4. The summed E-state index contributed by atoms with van der Waals surface area (Å²) in [6.45, 7) is 21.5. The zero-order valence-electron chi connectivity index (χ0n) is 61.8. The van der Waals surface area contributed by atoms with E-state index in [1.807, 2.05) is 0 Å². The van der Waals surface area contributed by atoms with Crippen LogP contribution in [0.25, 0.3) is 16.9 Å². The maximum absolute atomic E-state index is 12.2. The summed E-state index contributed by atoms with van der Waals surface area (Å²) >= 11 is 0. The van der Waals surface area contributed by atoms with E-state index in [0.29, 0.717) is 0 Å². The number of allylic oxidation sites excluding steroid dienone is 2. The van der Waals surface area contributed by atoms with Crippen LogP contribution in [0, 0.1) is 13.8 Å². The minimum atomic E-state index is 0. The molecule has 524 valence electrons. The van der Waals surface area contributed by atoms with Crippen molar-refractivity contribution in [2.75, 3.05) is 0 Å². The van der Waals surface area contributed by atoms with Gasteiger partial charge in [0.2, 0.25) is 11.4 Å². The quantitative estimate of drug-likeness (QED) is 0.0273. The number of nitrogens with zero attached hydrogens (tertiary/aromatic N) is 2. The zero-order valence-corrected chi connectivity index (χ0v) is 62.8. The normalized spacial score (nSPS) is 12.2. The molecule has 1 heterocycles. The second-order valence-corrected chi connectivity index (χ2v) is 28.1. The van der Waals surface area contributed by atoms with Gasteiger partial charge in [-0.3, -0.25) is 0 Å². The summed E-state index contributed by atoms with van der Waals surface area (Å²) in [6, 6.07) is 18.2. The summed E-state index contributed by atoms with van der Waals surface area (Å²) < 4.78 is 1.61. The molecule has 0 saturated heterocycles. The van der Waals surface area contributed by atoms with Crippen molar-refractivity contribution >= 4 is 11.4 Å². The van der Waals surface area contributed by atoms with Gasteiger partial charge in [-0.1, -0.05) is 406 Å². The molecular weight excluding hydrogens is 1130 g/mol. The largest absolute Gasteiger partial charge is 2.00 e. The molecule has 2 aromatic rings. The predicted octanol–water partition coefficient (Wildman–Crippen LogP) is 31.5. The number of aryl methyl sites for hydroxylation is 2. The zero-order chi connectivity index (χ0) is 64.4. The molecule has 3 heteroatoms. The molecule has 1 aliphatic heterocycles. The van der Waals surface area contributed by atoms with Crippen LogP contribution < -0.4 is 0 Å². The Hall–Kier alpha value is -1.99. The molecule has 90 heavy (non-hydrogen) atoms. The Labute approximate surface area is 576 Å². The van der Waals surface area contributed by atoms with E-state index in [1.165, 1.54) is 399 Å². The van der Waals surface area contributed by atoms with Crippen molar-refractivity contribution in [3.8, 4) is 0 Å². The molecule has 0 saturated carbocycles. The van der Waals surface area contributed by atoms with Crippen LogP contribution in [0.4, 0.5) is 0 Å². The fraction of sp³-hybridized carbons (Fsp3) is 0.793. The topological polar surface area (TPSA) is 25.3 Å². The second-order valence-electron chi connectivity index (χ2n) is 28.1. The van der Waals surface area contributed by atoms with Gasteiger partial charge in [-0.15, -0.1) is 0 Å². The Morgan fingerprint density at radius 1 is 0.256 bits per heavy atom. The minimum absolute atomic E-state index is 0. The van der Waals surface area contributed by atoms with Gasteiger partial charge in [0.1, 0.15) is 0 Å². The van der Waals surface area contributed by atoms with Gasteiger partial charge in [-0.05, 0) is 86.8 Å². The van der Waals surface area contributed by atoms with Gasteiger partial charge in [-0.2, -0.15) is 12.8 Å². The van der Waals surface area contributed by atoms with Crippen molar-refractivity contribution < 1.29 is 21.2 Å². The van der Waals surface area contributed by atoms with Crippen LogP contribution in [0.3, 0.4) is 0 Å². The molecule has 0 N–H and O–H groups in total. The molecule has 0 atom stereocenters. The fourth-order valence-corrected chi connectivity index (χ4v) is 13.5. The SMILES string of the molecule is CCCCCCCCC1=C(c2cccc(CCCCC)c2)[N+](=[N-])C(c2cccc(CCCCCCCC)c2)=C1CCCCCC.[CH2-]CCCCCCCCCCCCCCCCCCCCC.[CH2-]CCCCCCCCCCCCCCCCCCCCC.[Ni+2]. The Kier molecular flexibility index (Phi) is 68.3. The van der Waals surface area contributed by atoms with Gasteiger partial charge >= 0.3 is 16.5 Å². The summed E-state index contributed by atoms with van der Waals surface area (Å²) in [5.41, 5.74) is 22.2. The summed E-state index contributed by atoms with van der Waals surface area (Å²) in [5, 5.41) is 0. The van der Waals surface area contributed by atoms with Crippen LogP contribution in [0.1, 0.15) is 455 Å². The van der Waals surface area contributed by atoms with Gasteiger partial charge in [-0.25, -0.2) is 4.70 Å². The summed E-state index contributed by atoms with van der Waals surface area (Å²) in [5.74, 6) is 0. The van der Waals surface area contributed by atoms with Gasteiger partial charge < -0.3 is 19.4 Å². The van der Waals surface area contributed by atoms with Crippen LogP contribution in [0.5, 0.6) is 0 Å². The molecule has 0 unspecified atom stereocenters. The van der Waals surface area contributed by atoms with Gasteiger partial charge in [0, 0.05) is 22.3 Å². The van der Waals surface area contributed by atoms with E-state index < -0.39 is 0 Å². The summed E-state index contributed by atoms with van der Waals surface area (Å²) in [4.78, 5) is 0. The summed E-state index contributed by atoms with van der Waals surface area (Å²) in [6.07, 6.45) is 86.3. The smallest absolute Gasteiger partial charge is 0.493 e. The molecule has 0 amide bonds. The van der Waals surface area contributed by atoms with Crippen molar-refractivity contribution in [2.24, 2.45) is 0 Å². The fourth-order valence-electron chi connectivity index (χ4n) is 13.5. The van der Waals surface area contributed by atoms with E-state index in [0.717, 1.165) is 49.9 Å². The second kappa shape index (κ2) is 69.8. The van der Waals surface area contributed by atoms with Crippen LogP contribution in [-0.4, -0.2) is 4.70 Å². The third-order valence-electron chi connectivity index (χ3n) is 19.4.